The molecule has 4 nitrogen and oxygen atoms in total. The van der Waals surface area contributed by atoms with Crippen LogP contribution in [0.25, 0.3) is 0 Å². The number of carbonyl (C=O) groups is 1. The van der Waals surface area contributed by atoms with Gasteiger partial charge in [0, 0.05) is 12.1 Å². The molecule has 0 aromatic heterocycles. The van der Waals surface area contributed by atoms with E-state index in [4.69, 9.17) is 5.10 Å². The lowest BCUT2D eigenvalue weighted by atomic mass is 10.1. The second-order valence-corrected chi connectivity index (χ2v) is 6.15. The minimum absolute atomic E-state index is 0.118. The number of hydrogen-bond donors (Lipinski definition) is 0. The van der Waals surface area contributed by atoms with E-state index in [1.54, 1.807) is 16.0 Å². The molecule has 1 aliphatic heterocycles. The lowest BCUT2D eigenvalue weighted by molar-refractivity contribution is -0.112. The van der Waals surface area contributed by atoms with E-state index in [1.807, 2.05) is 84.9 Å². The maximum absolute atomic E-state index is 13.1. The van der Waals surface area contributed by atoms with Crippen molar-refractivity contribution in [3.8, 4) is 0 Å². The molecule has 3 aromatic rings. The molecule has 0 spiro atoms. The van der Waals surface area contributed by atoms with Crippen molar-refractivity contribution in [3.05, 3.63) is 103 Å². The first-order chi connectivity index (χ1) is 13.3. The predicted octanol–water partition coefficient (Wildman–Crippen LogP) is 4.76. The molecule has 27 heavy (non-hydrogen) atoms. The van der Waals surface area contributed by atoms with Gasteiger partial charge in [-0.25, -0.2) is 5.01 Å². The Balaban J connectivity index is 1.86. The van der Waals surface area contributed by atoms with Gasteiger partial charge in [0.2, 0.25) is 0 Å². The molecule has 1 amide bonds. The van der Waals surface area contributed by atoms with Crippen molar-refractivity contribution in [3.63, 3.8) is 0 Å². The molecular weight excluding hydrogens is 334 g/mol. The maximum Gasteiger partial charge on any atom is 0.279 e. The summed E-state index contributed by atoms with van der Waals surface area (Å²) in [5.41, 5.74) is 3.91. The van der Waals surface area contributed by atoms with E-state index < -0.39 is 0 Å². The van der Waals surface area contributed by atoms with Gasteiger partial charge in [0.1, 0.15) is 0 Å². The smallest absolute Gasteiger partial charge is 0.279 e. The molecule has 132 valence electrons. The minimum atomic E-state index is -0.118. The Kier molecular flexibility index (Phi) is 4.54. The van der Waals surface area contributed by atoms with Crippen molar-refractivity contribution in [1.82, 2.24) is 0 Å². The molecule has 0 radical (unpaired) electrons. The number of carbonyl (C=O) groups excluding carboxylic acids is 1. The Morgan fingerprint density at radius 1 is 0.852 bits per heavy atom. The van der Waals surface area contributed by atoms with Gasteiger partial charge in [0.05, 0.1) is 17.1 Å². The average molecular weight is 353 g/mol. The first-order valence-electron chi connectivity index (χ1n) is 8.80. The summed E-state index contributed by atoms with van der Waals surface area (Å²) >= 11 is 0. The van der Waals surface area contributed by atoms with Crippen LogP contribution in [-0.2, 0) is 4.79 Å². The zero-order valence-corrected chi connectivity index (χ0v) is 14.8. The Morgan fingerprint density at radius 3 is 2.00 bits per heavy atom. The fourth-order valence-corrected chi connectivity index (χ4v) is 3.17. The monoisotopic (exact) mass is 353 g/mol. The molecule has 4 rings (SSSR count). The van der Waals surface area contributed by atoms with Crippen molar-refractivity contribution in [2.24, 2.45) is 5.10 Å². The standard InChI is InChI=1S/C23H19N3O/c1-2-17-25-21-16-10-9-15-20(21)22(23(25)27)24-26(18-11-5-3-6-12-18)19-13-7-4-8-14-19/h2-16H,1,17H2. The third-order valence-electron chi connectivity index (χ3n) is 4.41. The highest BCUT2D eigenvalue weighted by Gasteiger charge is 2.33. The number of fused-ring (bicyclic) bond motifs is 1. The van der Waals surface area contributed by atoms with Crippen molar-refractivity contribution in [2.45, 2.75) is 0 Å². The highest BCUT2D eigenvalue weighted by molar-refractivity contribution is 6.54. The van der Waals surface area contributed by atoms with Crippen LogP contribution in [0.15, 0.2) is 103 Å². The SMILES string of the molecule is C=CCN1C(=O)C(=NN(c2ccccc2)c2ccccc2)c2ccccc21. The van der Waals surface area contributed by atoms with Gasteiger partial charge in [-0.05, 0) is 30.3 Å². The quantitative estimate of drug-likeness (QED) is 0.490. The molecule has 0 N–H and O–H groups in total. The highest BCUT2D eigenvalue weighted by Crippen LogP contribution is 2.32. The number of amides is 1. The highest BCUT2D eigenvalue weighted by atomic mass is 16.2. The van der Waals surface area contributed by atoms with Crippen LogP contribution in [0.5, 0.6) is 0 Å². The van der Waals surface area contributed by atoms with Gasteiger partial charge in [0.25, 0.3) is 5.91 Å². The van der Waals surface area contributed by atoms with Crippen molar-refractivity contribution in [2.75, 3.05) is 16.5 Å². The van der Waals surface area contributed by atoms with Crippen molar-refractivity contribution >= 4 is 28.7 Å². The molecule has 4 heteroatoms. The minimum Gasteiger partial charge on any atom is -0.302 e. The summed E-state index contributed by atoms with van der Waals surface area (Å²) in [5, 5.41) is 6.60. The zero-order valence-electron chi connectivity index (χ0n) is 14.8. The fraction of sp³-hybridized carbons (Fsp3) is 0.0435. The number of para-hydroxylation sites is 3. The number of anilines is 3. The lowest BCUT2D eigenvalue weighted by Crippen LogP contribution is -2.31. The van der Waals surface area contributed by atoms with Crippen LogP contribution in [0.2, 0.25) is 0 Å². The van der Waals surface area contributed by atoms with E-state index >= 15 is 0 Å². The zero-order chi connectivity index (χ0) is 18.6. The van der Waals surface area contributed by atoms with E-state index in [1.165, 1.54) is 0 Å². The molecule has 0 atom stereocenters. The summed E-state index contributed by atoms with van der Waals surface area (Å²) in [6.45, 7) is 4.22. The fourth-order valence-electron chi connectivity index (χ4n) is 3.17. The molecule has 1 heterocycles. The molecule has 3 aromatic carbocycles. The Morgan fingerprint density at radius 2 is 1.41 bits per heavy atom. The van der Waals surface area contributed by atoms with Crippen LogP contribution in [0.1, 0.15) is 5.56 Å². The summed E-state index contributed by atoms with van der Waals surface area (Å²) in [6.07, 6.45) is 1.73. The van der Waals surface area contributed by atoms with Gasteiger partial charge < -0.3 is 4.90 Å². The van der Waals surface area contributed by atoms with Gasteiger partial charge >= 0.3 is 0 Å². The summed E-state index contributed by atoms with van der Waals surface area (Å²) in [6, 6.07) is 27.4. The predicted molar refractivity (Wildman–Crippen MR) is 111 cm³/mol. The van der Waals surface area contributed by atoms with Crippen molar-refractivity contribution < 1.29 is 4.79 Å². The summed E-state index contributed by atoms with van der Waals surface area (Å²) in [5.74, 6) is -0.118. The summed E-state index contributed by atoms with van der Waals surface area (Å²) < 4.78 is 0. The number of hydrazone groups is 1. The molecular formula is C23H19N3O. The number of nitrogens with zero attached hydrogens (tertiary/aromatic N) is 3. The number of rotatable bonds is 5. The van der Waals surface area contributed by atoms with E-state index in [2.05, 4.69) is 6.58 Å². The molecule has 0 unspecified atom stereocenters. The third kappa shape index (κ3) is 3.13. The normalized spacial score (nSPS) is 14.3. The number of benzene rings is 3. The molecule has 0 saturated heterocycles. The van der Waals surface area contributed by atoms with Crippen LogP contribution in [0.4, 0.5) is 17.1 Å². The molecule has 0 fully saturated rings. The van der Waals surface area contributed by atoms with Gasteiger partial charge in [-0.15, -0.1) is 6.58 Å². The topological polar surface area (TPSA) is 35.9 Å². The van der Waals surface area contributed by atoms with E-state index in [0.29, 0.717) is 12.3 Å². The van der Waals surface area contributed by atoms with Crippen LogP contribution in [0, 0.1) is 0 Å². The summed E-state index contributed by atoms with van der Waals surface area (Å²) in [7, 11) is 0. The lowest BCUT2D eigenvalue weighted by Gasteiger charge is -2.20. The molecule has 0 saturated carbocycles. The van der Waals surface area contributed by atoms with E-state index in [-0.39, 0.29) is 5.91 Å². The van der Waals surface area contributed by atoms with Gasteiger partial charge in [0.15, 0.2) is 5.71 Å². The first-order valence-corrected chi connectivity index (χ1v) is 8.80. The average Bonchev–Trinajstić information content (AvgIpc) is 2.99. The van der Waals surface area contributed by atoms with Crippen molar-refractivity contribution in [1.29, 1.82) is 0 Å². The number of hydrogen-bond acceptors (Lipinski definition) is 3. The molecule has 1 aliphatic rings. The van der Waals surface area contributed by atoms with Gasteiger partial charge in [-0.3, -0.25) is 4.79 Å². The van der Waals surface area contributed by atoms with Crippen LogP contribution >= 0.6 is 0 Å². The van der Waals surface area contributed by atoms with Crippen LogP contribution in [-0.4, -0.2) is 18.2 Å². The maximum atomic E-state index is 13.1. The van der Waals surface area contributed by atoms with Crippen LogP contribution < -0.4 is 9.91 Å². The second-order valence-electron chi connectivity index (χ2n) is 6.15. The molecule has 0 bridgehead atoms. The second kappa shape index (κ2) is 7.30. The van der Waals surface area contributed by atoms with Gasteiger partial charge in [-0.1, -0.05) is 60.7 Å². The largest absolute Gasteiger partial charge is 0.302 e. The van der Waals surface area contributed by atoms with Crippen LogP contribution in [0.3, 0.4) is 0 Å². The Bertz CT molecular complexity index is 957. The Labute approximate surface area is 158 Å². The van der Waals surface area contributed by atoms with Gasteiger partial charge in [-0.2, -0.15) is 5.10 Å². The Hall–Kier alpha value is -3.66. The van der Waals surface area contributed by atoms with E-state index in [0.717, 1.165) is 22.6 Å². The first kappa shape index (κ1) is 16.8. The van der Waals surface area contributed by atoms with E-state index in [9.17, 15) is 4.79 Å². The third-order valence-corrected chi connectivity index (χ3v) is 4.41. The molecule has 0 aliphatic carbocycles. The summed E-state index contributed by atoms with van der Waals surface area (Å²) in [4.78, 5) is 14.8.